The first-order valence-corrected chi connectivity index (χ1v) is 16.8. The van der Waals surface area contributed by atoms with E-state index in [1.807, 2.05) is 36.4 Å². The van der Waals surface area contributed by atoms with Crippen molar-refractivity contribution in [3.63, 3.8) is 0 Å². The predicted molar refractivity (Wildman–Crippen MR) is 199 cm³/mol. The number of allylic oxidation sites excluding steroid dienone is 2. The van der Waals surface area contributed by atoms with E-state index >= 15 is 0 Å². The summed E-state index contributed by atoms with van der Waals surface area (Å²) in [7, 11) is 0. The topological polar surface area (TPSA) is 38.7 Å². The molecule has 0 amide bonds. The van der Waals surface area contributed by atoms with Gasteiger partial charge in [0.2, 0.25) is 0 Å². The van der Waals surface area contributed by atoms with Crippen LogP contribution in [-0.2, 0) is 12.8 Å². The average Bonchev–Trinajstić information content (AvgIpc) is 3.18. The maximum Gasteiger partial charge on any atom is 0.164 e. The maximum atomic E-state index is 5.09. The summed E-state index contributed by atoms with van der Waals surface area (Å²) in [5, 5.41) is 2.67. The van der Waals surface area contributed by atoms with Crippen molar-refractivity contribution >= 4 is 22.9 Å². The van der Waals surface area contributed by atoms with Crippen molar-refractivity contribution in [3.8, 4) is 56.4 Å². The lowest BCUT2D eigenvalue weighted by Crippen LogP contribution is -2.07. The van der Waals surface area contributed by atoms with Crippen LogP contribution in [0.4, 0.5) is 0 Å². The Morgan fingerprint density at radius 2 is 0.812 bits per heavy atom. The molecule has 0 saturated carbocycles. The molecule has 228 valence electrons. The largest absolute Gasteiger partial charge is 0.208 e. The zero-order chi connectivity index (χ0) is 31.9. The summed E-state index contributed by atoms with van der Waals surface area (Å²) in [6, 6.07) is 44.7. The Labute approximate surface area is 281 Å². The third kappa shape index (κ3) is 5.14. The van der Waals surface area contributed by atoms with Crippen molar-refractivity contribution in [2.24, 2.45) is 0 Å². The van der Waals surface area contributed by atoms with E-state index in [2.05, 4.69) is 115 Å². The molecular weight excluding hydrogens is 583 g/mol. The number of benzene rings is 6. The van der Waals surface area contributed by atoms with Crippen LogP contribution in [-0.4, -0.2) is 15.0 Å². The zero-order valence-electron chi connectivity index (χ0n) is 26.6. The number of aromatic nitrogens is 3. The fourth-order valence-electron chi connectivity index (χ4n) is 7.30. The second-order valence-electron chi connectivity index (χ2n) is 12.6. The minimum atomic E-state index is 0.655. The lowest BCUT2D eigenvalue weighted by atomic mass is 9.80. The van der Waals surface area contributed by atoms with Crippen LogP contribution < -0.4 is 0 Å². The summed E-state index contributed by atoms with van der Waals surface area (Å²) in [6.45, 7) is 0. The van der Waals surface area contributed by atoms with Crippen molar-refractivity contribution < 1.29 is 0 Å². The van der Waals surface area contributed by atoms with E-state index in [1.54, 1.807) is 5.56 Å². The van der Waals surface area contributed by atoms with Gasteiger partial charge in [-0.05, 0) is 105 Å². The standard InChI is InChI=1S/C45H33N3/c1-4-14-30(15-5-1)34-26-35(33-24-25-41-39-22-11-10-20-37(39)38-21-12-13-23-40(38)42(41)29-33)28-36(27-34)45-47-43(31-16-6-2-7-17-31)46-44(48-45)32-18-8-3-9-19-32/h1-9,11,13-19,22-29H,10,12,20-21H2. The third-order valence-corrected chi connectivity index (χ3v) is 9.64. The lowest BCUT2D eigenvalue weighted by Gasteiger charge is -2.24. The Kier molecular flexibility index (Phi) is 7.09. The maximum absolute atomic E-state index is 5.09. The number of hydrogen-bond acceptors (Lipinski definition) is 3. The van der Waals surface area contributed by atoms with Crippen molar-refractivity contribution in [1.82, 2.24) is 15.0 Å². The molecule has 48 heavy (non-hydrogen) atoms. The Bertz CT molecular complexity index is 2310. The molecule has 1 heterocycles. The molecule has 7 aromatic rings. The van der Waals surface area contributed by atoms with E-state index < -0.39 is 0 Å². The summed E-state index contributed by atoms with van der Waals surface area (Å²) < 4.78 is 0. The van der Waals surface area contributed by atoms with Gasteiger partial charge in [-0.15, -0.1) is 0 Å². The van der Waals surface area contributed by atoms with Gasteiger partial charge in [-0.2, -0.15) is 0 Å². The van der Waals surface area contributed by atoms with Crippen molar-refractivity contribution in [2.45, 2.75) is 25.7 Å². The van der Waals surface area contributed by atoms with Gasteiger partial charge in [-0.25, -0.2) is 15.0 Å². The first-order chi connectivity index (χ1) is 23.8. The third-order valence-electron chi connectivity index (χ3n) is 9.64. The van der Waals surface area contributed by atoms with E-state index in [1.165, 1.54) is 33.0 Å². The molecule has 9 rings (SSSR count). The molecule has 6 aromatic carbocycles. The molecule has 0 N–H and O–H groups in total. The van der Waals surface area contributed by atoms with E-state index in [0.717, 1.165) is 59.1 Å². The summed E-state index contributed by atoms with van der Waals surface area (Å²) in [4.78, 5) is 15.1. The summed E-state index contributed by atoms with van der Waals surface area (Å²) >= 11 is 0. The summed E-state index contributed by atoms with van der Waals surface area (Å²) in [6.07, 6.45) is 13.9. The molecule has 0 saturated heterocycles. The van der Waals surface area contributed by atoms with Gasteiger partial charge in [0.25, 0.3) is 0 Å². The molecule has 0 fully saturated rings. The molecule has 3 nitrogen and oxygen atoms in total. The normalized spacial score (nSPS) is 13.3. The predicted octanol–water partition coefficient (Wildman–Crippen LogP) is 11.3. The SMILES string of the molecule is C1=Cc2c(c3c(c4cc(-c5cc(-c6ccccc6)cc(-c6nc(-c7ccccc7)nc(-c7ccccc7)n6)c5)ccc24)C=CCC3)CC1. The molecular formula is C45H33N3. The lowest BCUT2D eigenvalue weighted by molar-refractivity contribution is 0.911. The van der Waals surface area contributed by atoms with Gasteiger partial charge < -0.3 is 0 Å². The molecule has 1 aromatic heterocycles. The molecule has 0 radical (unpaired) electrons. The number of hydrogen-bond donors (Lipinski definition) is 0. The molecule has 0 atom stereocenters. The Morgan fingerprint density at radius 1 is 0.354 bits per heavy atom. The van der Waals surface area contributed by atoms with E-state index in [0.29, 0.717) is 17.5 Å². The number of rotatable bonds is 5. The van der Waals surface area contributed by atoms with Gasteiger partial charge >= 0.3 is 0 Å². The van der Waals surface area contributed by atoms with Gasteiger partial charge in [0.15, 0.2) is 17.5 Å². The van der Waals surface area contributed by atoms with E-state index in [-0.39, 0.29) is 0 Å². The van der Waals surface area contributed by atoms with Gasteiger partial charge in [0, 0.05) is 16.7 Å². The van der Waals surface area contributed by atoms with E-state index in [9.17, 15) is 0 Å². The fourth-order valence-corrected chi connectivity index (χ4v) is 7.30. The highest BCUT2D eigenvalue weighted by atomic mass is 15.0. The van der Waals surface area contributed by atoms with Crippen molar-refractivity contribution in [3.05, 3.63) is 162 Å². The molecule has 0 aliphatic heterocycles. The van der Waals surface area contributed by atoms with Gasteiger partial charge in [0.05, 0.1) is 0 Å². The zero-order valence-corrected chi connectivity index (χ0v) is 26.6. The van der Waals surface area contributed by atoms with Crippen LogP contribution in [0.15, 0.2) is 140 Å². The average molecular weight is 616 g/mol. The first kappa shape index (κ1) is 28.3. The van der Waals surface area contributed by atoms with Crippen molar-refractivity contribution in [2.75, 3.05) is 0 Å². The monoisotopic (exact) mass is 615 g/mol. The molecule has 2 aliphatic rings. The summed E-state index contributed by atoms with van der Waals surface area (Å²) in [5.41, 5.74) is 13.4. The van der Waals surface area contributed by atoms with E-state index in [4.69, 9.17) is 15.0 Å². The van der Waals surface area contributed by atoms with Crippen LogP contribution in [0.25, 0.3) is 79.3 Å². The first-order valence-electron chi connectivity index (χ1n) is 16.8. The Balaban J connectivity index is 1.27. The second-order valence-corrected chi connectivity index (χ2v) is 12.6. The quantitative estimate of drug-likeness (QED) is 0.193. The minimum absolute atomic E-state index is 0.655. The number of nitrogens with zero attached hydrogens (tertiary/aromatic N) is 3. The van der Waals surface area contributed by atoms with Crippen LogP contribution in [0.3, 0.4) is 0 Å². The van der Waals surface area contributed by atoms with Crippen LogP contribution in [0.5, 0.6) is 0 Å². The smallest absolute Gasteiger partial charge is 0.164 e. The van der Waals surface area contributed by atoms with Gasteiger partial charge in [-0.1, -0.05) is 127 Å². The Morgan fingerprint density at radius 3 is 1.38 bits per heavy atom. The second kappa shape index (κ2) is 12.0. The number of fused-ring (bicyclic) bond motifs is 6. The molecule has 3 heteroatoms. The highest BCUT2D eigenvalue weighted by molar-refractivity contribution is 6.02. The molecule has 0 spiro atoms. The molecule has 0 unspecified atom stereocenters. The van der Waals surface area contributed by atoms with Crippen molar-refractivity contribution in [1.29, 1.82) is 0 Å². The highest BCUT2D eigenvalue weighted by Crippen LogP contribution is 2.41. The van der Waals surface area contributed by atoms with Crippen LogP contribution in [0.1, 0.15) is 35.1 Å². The van der Waals surface area contributed by atoms with Crippen LogP contribution in [0.2, 0.25) is 0 Å². The highest BCUT2D eigenvalue weighted by Gasteiger charge is 2.21. The van der Waals surface area contributed by atoms with Crippen LogP contribution >= 0.6 is 0 Å². The molecule has 0 bridgehead atoms. The fraction of sp³-hybridized carbons (Fsp3) is 0.0889. The van der Waals surface area contributed by atoms with Gasteiger partial charge in [-0.3, -0.25) is 0 Å². The van der Waals surface area contributed by atoms with Gasteiger partial charge in [0.1, 0.15) is 0 Å². The van der Waals surface area contributed by atoms with Crippen LogP contribution in [0, 0.1) is 0 Å². The Hall–Kier alpha value is -5.93. The minimum Gasteiger partial charge on any atom is -0.208 e. The molecule has 2 aliphatic carbocycles. The summed E-state index contributed by atoms with van der Waals surface area (Å²) in [5.74, 6) is 1.98.